The van der Waals surface area contributed by atoms with Gasteiger partial charge in [0.1, 0.15) is 5.69 Å². The molecular formula is C18H24N6O. The Balaban J connectivity index is 1.37. The number of aromatic nitrogens is 5. The Hall–Kier alpha value is -2.31. The number of likely N-dealkylation sites (tertiary alicyclic amines) is 1. The van der Waals surface area contributed by atoms with Gasteiger partial charge in [0.05, 0.1) is 11.9 Å². The van der Waals surface area contributed by atoms with Gasteiger partial charge in [0.25, 0.3) is 5.91 Å². The molecule has 1 aliphatic carbocycles. The molecule has 2 fully saturated rings. The normalized spacial score (nSPS) is 21.6. The number of hydrogen-bond donors (Lipinski definition) is 0. The summed E-state index contributed by atoms with van der Waals surface area (Å²) in [7, 11) is 0. The van der Waals surface area contributed by atoms with Crippen molar-refractivity contribution in [2.75, 3.05) is 13.1 Å². The second kappa shape index (κ2) is 7.29. The Morgan fingerprint density at radius 2 is 2.04 bits per heavy atom. The van der Waals surface area contributed by atoms with Gasteiger partial charge in [-0.15, -0.1) is 5.10 Å². The van der Waals surface area contributed by atoms with Crippen LogP contribution in [0, 0.1) is 5.92 Å². The molecule has 2 aromatic rings. The standard InChI is InChI=1S/C18H24N6O/c25-18(16-10-19-7-8-20-16)23-9-3-4-14(11-23)12-24-13-17(21-22-24)15-5-1-2-6-15/h7-8,10,13-15H,1-6,9,11-12H2. The molecule has 132 valence electrons. The van der Waals surface area contributed by atoms with Crippen molar-refractivity contribution in [3.8, 4) is 0 Å². The maximum atomic E-state index is 12.6. The van der Waals surface area contributed by atoms with Crippen LogP contribution in [0.1, 0.15) is 60.6 Å². The highest BCUT2D eigenvalue weighted by Gasteiger charge is 2.26. The van der Waals surface area contributed by atoms with E-state index >= 15 is 0 Å². The van der Waals surface area contributed by atoms with Crippen molar-refractivity contribution in [3.63, 3.8) is 0 Å². The van der Waals surface area contributed by atoms with Crippen LogP contribution in [0.25, 0.3) is 0 Å². The molecule has 2 aliphatic rings. The summed E-state index contributed by atoms with van der Waals surface area (Å²) in [5.74, 6) is 0.977. The van der Waals surface area contributed by atoms with Gasteiger partial charge >= 0.3 is 0 Å². The highest BCUT2D eigenvalue weighted by atomic mass is 16.2. The molecule has 0 N–H and O–H groups in total. The topological polar surface area (TPSA) is 76.8 Å². The molecule has 4 rings (SSSR count). The minimum absolute atomic E-state index is 0.0250. The third-order valence-electron chi connectivity index (χ3n) is 5.36. The first-order valence-corrected chi connectivity index (χ1v) is 9.25. The van der Waals surface area contributed by atoms with Gasteiger partial charge in [0.15, 0.2) is 0 Å². The van der Waals surface area contributed by atoms with Crippen molar-refractivity contribution in [2.45, 2.75) is 51.0 Å². The third-order valence-corrected chi connectivity index (χ3v) is 5.36. The lowest BCUT2D eigenvalue weighted by molar-refractivity contribution is 0.0653. The smallest absolute Gasteiger partial charge is 0.274 e. The average Bonchev–Trinajstić information content (AvgIpc) is 3.34. The molecule has 2 aromatic heterocycles. The van der Waals surface area contributed by atoms with Crippen molar-refractivity contribution in [3.05, 3.63) is 36.2 Å². The molecule has 0 aromatic carbocycles. The van der Waals surface area contributed by atoms with Gasteiger partial charge in [0.2, 0.25) is 0 Å². The Bertz CT molecular complexity index is 709. The first-order chi connectivity index (χ1) is 12.3. The summed E-state index contributed by atoms with van der Waals surface area (Å²) in [5, 5.41) is 8.70. The van der Waals surface area contributed by atoms with Crippen molar-refractivity contribution in [2.24, 2.45) is 5.92 Å². The summed E-state index contributed by atoms with van der Waals surface area (Å²) in [4.78, 5) is 22.6. The van der Waals surface area contributed by atoms with Crippen molar-refractivity contribution in [1.82, 2.24) is 29.9 Å². The van der Waals surface area contributed by atoms with E-state index < -0.39 is 0 Å². The average molecular weight is 340 g/mol. The summed E-state index contributed by atoms with van der Waals surface area (Å²) < 4.78 is 1.97. The third kappa shape index (κ3) is 3.70. The van der Waals surface area contributed by atoms with Crippen LogP contribution in [0.3, 0.4) is 0 Å². The fraction of sp³-hybridized carbons (Fsp3) is 0.611. The monoisotopic (exact) mass is 340 g/mol. The highest BCUT2D eigenvalue weighted by molar-refractivity contribution is 5.92. The fourth-order valence-electron chi connectivity index (χ4n) is 4.05. The molecule has 1 saturated carbocycles. The Morgan fingerprint density at radius 1 is 1.16 bits per heavy atom. The second-order valence-electron chi connectivity index (χ2n) is 7.20. The van der Waals surface area contributed by atoms with E-state index in [0.29, 0.717) is 17.5 Å². The van der Waals surface area contributed by atoms with Crippen LogP contribution in [0.2, 0.25) is 0 Å². The van der Waals surface area contributed by atoms with Gasteiger partial charge < -0.3 is 4.90 Å². The summed E-state index contributed by atoms with van der Waals surface area (Å²) in [5.41, 5.74) is 1.56. The molecule has 1 amide bonds. The van der Waals surface area contributed by atoms with E-state index in [4.69, 9.17) is 0 Å². The number of amides is 1. The first kappa shape index (κ1) is 16.2. The van der Waals surface area contributed by atoms with Crippen molar-refractivity contribution >= 4 is 5.91 Å². The van der Waals surface area contributed by atoms with Crippen LogP contribution in [-0.2, 0) is 6.54 Å². The number of rotatable bonds is 4. The van der Waals surface area contributed by atoms with Gasteiger partial charge in [0, 0.05) is 44.1 Å². The van der Waals surface area contributed by atoms with Crippen LogP contribution in [0.4, 0.5) is 0 Å². The molecule has 0 spiro atoms. The molecule has 7 nitrogen and oxygen atoms in total. The van der Waals surface area contributed by atoms with Crippen LogP contribution in [-0.4, -0.2) is 48.9 Å². The second-order valence-corrected chi connectivity index (χ2v) is 7.20. The van der Waals surface area contributed by atoms with E-state index in [1.54, 1.807) is 12.4 Å². The zero-order valence-electron chi connectivity index (χ0n) is 14.4. The lowest BCUT2D eigenvalue weighted by Gasteiger charge is -2.32. The molecule has 1 unspecified atom stereocenters. The minimum Gasteiger partial charge on any atom is -0.337 e. The Kier molecular flexibility index (Phi) is 4.72. The van der Waals surface area contributed by atoms with E-state index in [9.17, 15) is 4.79 Å². The predicted molar refractivity (Wildman–Crippen MR) is 91.9 cm³/mol. The van der Waals surface area contributed by atoms with E-state index in [-0.39, 0.29) is 5.91 Å². The number of piperidine rings is 1. The van der Waals surface area contributed by atoms with Gasteiger partial charge in [-0.3, -0.25) is 14.5 Å². The molecule has 3 heterocycles. The molecule has 7 heteroatoms. The van der Waals surface area contributed by atoms with E-state index in [2.05, 4.69) is 26.5 Å². The number of hydrogen-bond acceptors (Lipinski definition) is 5. The van der Waals surface area contributed by atoms with E-state index in [1.165, 1.54) is 31.9 Å². The molecule has 0 radical (unpaired) electrons. The van der Waals surface area contributed by atoms with Gasteiger partial charge in [-0.1, -0.05) is 18.1 Å². The lowest BCUT2D eigenvalue weighted by atomic mass is 9.97. The molecular weight excluding hydrogens is 316 g/mol. The number of carbonyl (C=O) groups excluding carboxylic acids is 1. The van der Waals surface area contributed by atoms with Gasteiger partial charge in [-0.25, -0.2) is 4.98 Å². The number of nitrogens with zero attached hydrogens (tertiary/aromatic N) is 6. The van der Waals surface area contributed by atoms with Gasteiger partial charge in [-0.05, 0) is 31.6 Å². The molecule has 1 aliphatic heterocycles. The molecule has 1 saturated heterocycles. The summed E-state index contributed by atoms with van der Waals surface area (Å²) in [6.07, 6.45) is 14.0. The molecule has 0 bridgehead atoms. The van der Waals surface area contributed by atoms with Crippen LogP contribution in [0.15, 0.2) is 24.8 Å². The van der Waals surface area contributed by atoms with Crippen LogP contribution >= 0.6 is 0 Å². The van der Waals surface area contributed by atoms with Gasteiger partial charge in [-0.2, -0.15) is 0 Å². The summed E-state index contributed by atoms with van der Waals surface area (Å²) >= 11 is 0. The van der Waals surface area contributed by atoms with Crippen LogP contribution in [0.5, 0.6) is 0 Å². The molecule has 25 heavy (non-hydrogen) atoms. The van der Waals surface area contributed by atoms with Crippen LogP contribution < -0.4 is 0 Å². The summed E-state index contributed by atoms with van der Waals surface area (Å²) in [6, 6.07) is 0. The fourth-order valence-corrected chi connectivity index (χ4v) is 4.05. The maximum Gasteiger partial charge on any atom is 0.274 e. The highest BCUT2D eigenvalue weighted by Crippen LogP contribution is 2.32. The summed E-state index contributed by atoms with van der Waals surface area (Å²) in [6.45, 7) is 2.36. The largest absolute Gasteiger partial charge is 0.337 e. The first-order valence-electron chi connectivity index (χ1n) is 9.25. The quantitative estimate of drug-likeness (QED) is 0.853. The Labute approximate surface area is 147 Å². The maximum absolute atomic E-state index is 12.6. The van der Waals surface area contributed by atoms with Crippen molar-refractivity contribution < 1.29 is 4.79 Å². The zero-order chi connectivity index (χ0) is 17.1. The van der Waals surface area contributed by atoms with Crippen molar-refractivity contribution in [1.29, 1.82) is 0 Å². The van der Waals surface area contributed by atoms with E-state index in [0.717, 1.165) is 38.2 Å². The SMILES string of the molecule is O=C(c1cnccn1)N1CCCC(Cn2cc(C3CCCC3)nn2)C1. The Morgan fingerprint density at radius 3 is 2.84 bits per heavy atom. The van der Waals surface area contributed by atoms with E-state index in [1.807, 2.05) is 9.58 Å². The molecule has 1 atom stereocenters. The predicted octanol–water partition coefficient (Wildman–Crippen LogP) is 2.28. The lowest BCUT2D eigenvalue weighted by Crippen LogP contribution is -2.41. The minimum atomic E-state index is -0.0250. The zero-order valence-corrected chi connectivity index (χ0v) is 14.4. The number of carbonyl (C=O) groups is 1.